The zero-order chi connectivity index (χ0) is 20.4. The van der Waals surface area contributed by atoms with Gasteiger partial charge in [0.2, 0.25) is 0 Å². The lowest BCUT2D eigenvalue weighted by atomic mass is 10.0. The van der Waals surface area contributed by atoms with Crippen LogP contribution in [0.5, 0.6) is 0 Å². The lowest BCUT2D eigenvalue weighted by molar-refractivity contribution is -0.148. The fourth-order valence-electron chi connectivity index (χ4n) is 2.57. The molecule has 0 aromatic heterocycles. The van der Waals surface area contributed by atoms with E-state index in [2.05, 4.69) is 5.32 Å². The van der Waals surface area contributed by atoms with Crippen molar-refractivity contribution in [2.75, 3.05) is 32.7 Å². The van der Waals surface area contributed by atoms with E-state index in [9.17, 15) is 22.8 Å². The standard InChI is InChI=1S/C19H28F3N3O2/c1-4-5-6-7-8-9-16(17(26)15(2)3)23-18(27)25-12-10-24(11-13-25)14-19(20,21)22/h4-9,15-16H,10-14H2,1-3H3,(H,23,27)/b5-4-,7-6-,9-8?. The van der Waals surface area contributed by atoms with Crippen LogP contribution in [0.3, 0.4) is 0 Å². The maximum Gasteiger partial charge on any atom is 0.401 e. The van der Waals surface area contributed by atoms with Gasteiger partial charge in [-0.2, -0.15) is 13.2 Å². The Labute approximate surface area is 158 Å². The zero-order valence-corrected chi connectivity index (χ0v) is 16.0. The first-order valence-corrected chi connectivity index (χ1v) is 8.98. The van der Waals surface area contributed by atoms with Crippen molar-refractivity contribution in [3.8, 4) is 0 Å². The van der Waals surface area contributed by atoms with E-state index in [1.807, 2.05) is 19.1 Å². The molecule has 1 aliphatic rings. The third-order valence-electron chi connectivity index (χ3n) is 4.05. The van der Waals surface area contributed by atoms with E-state index in [1.54, 1.807) is 38.2 Å². The number of hydrogen-bond acceptors (Lipinski definition) is 3. The molecule has 0 aromatic rings. The lowest BCUT2D eigenvalue weighted by Crippen LogP contribution is -2.55. The Morgan fingerprint density at radius 1 is 1.04 bits per heavy atom. The van der Waals surface area contributed by atoms with Crippen molar-refractivity contribution in [2.24, 2.45) is 5.92 Å². The Balaban J connectivity index is 2.64. The molecule has 5 nitrogen and oxygen atoms in total. The van der Waals surface area contributed by atoms with Crippen molar-refractivity contribution < 1.29 is 22.8 Å². The molecule has 0 aromatic carbocycles. The largest absolute Gasteiger partial charge is 0.401 e. The van der Waals surface area contributed by atoms with E-state index in [1.165, 1.54) is 9.80 Å². The minimum Gasteiger partial charge on any atom is -0.325 e. The topological polar surface area (TPSA) is 52.7 Å². The molecule has 152 valence electrons. The molecule has 1 fully saturated rings. The number of carbonyl (C=O) groups is 2. The number of nitrogens with one attached hydrogen (secondary N) is 1. The quantitative estimate of drug-likeness (QED) is 0.683. The molecule has 2 amide bonds. The number of alkyl halides is 3. The van der Waals surface area contributed by atoms with Crippen molar-refractivity contribution in [3.63, 3.8) is 0 Å². The number of amides is 2. The van der Waals surface area contributed by atoms with Crippen LogP contribution in [-0.2, 0) is 4.79 Å². The van der Waals surface area contributed by atoms with E-state index < -0.39 is 24.8 Å². The maximum absolute atomic E-state index is 12.4. The highest BCUT2D eigenvalue weighted by atomic mass is 19.4. The van der Waals surface area contributed by atoms with Gasteiger partial charge in [-0.25, -0.2) is 4.79 Å². The number of rotatable bonds is 7. The van der Waals surface area contributed by atoms with Gasteiger partial charge >= 0.3 is 12.2 Å². The van der Waals surface area contributed by atoms with Crippen molar-refractivity contribution in [1.82, 2.24) is 15.1 Å². The third kappa shape index (κ3) is 8.90. The molecule has 0 radical (unpaired) electrons. The molecule has 1 unspecified atom stereocenters. The maximum atomic E-state index is 12.4. The third-order valence-corrected chi connectivity index (χ3v) is 4.05. The summed E-state index contributed by atoms with van der Waals surface area (Å²) in [4.78, 5) is 27.5. The van der Waals surface area contributed by atoms with E-state index in [4.69, 9.17) is 0 Å². The zero-order valence-electron chi connectivity index (χ0n) is 16.0. The van der Waals surface area contributed by atoms with Gasteiger partial charge in [0.25, 0.3) is 0 Å². The Morgan fingerprint density at radius 2 is 1.63 bits per heavy atom. The average Bonchev–Trinajstić information content (AvgIpc) is 2.58. The normalized spacial score (nSPS) is 18.1. The molecular formula is C19H28F3N3O2. The molecule has 27 heavy (non-hydrogen) atoms. The number of allylic oxidation sites excluding steroid dienone is 5. The van der Waals surface area contributed by atoms with Crippen molar-refractivity contribution in [2.45, 2.75) is 33.0 Å². The van der Waals surface area contributed by atoms with Crippen LogP contribution in [0.4, 0.5) is 18.0 Å². The predicted octanol–water partition coefficient (Wildman–Crippen LogP) is 3.16. The van der Waals surface area contributed by atoms with Crippen LogP contribution in [0.1, 0.15) is 20.8 Å². The first kappa shape index (κ1) is 23.0. The van der Waals surface area contributed by atoms with Crippen LogP contribution in [0.25, 0.3) is 0 Å². The van der Waals surface area contributed by atoms with Gasteiger partial charge in [-0.15, -0.1) is 0 Å². The van der Waals surface area contributed by atoms with Gasteiger partial charge in [0.15, 0.2) is 5.78 Å². The summed E-state index contributed by atoms with van der Waals surface area (Å²) in [6.07, 6.45) is 6.30. The lowest BCUT2D eigenvalue weighted by Gasteiger charge is -2.35. The van der Waals surface area contributed by atoms with E-state index in [0.29, 0.717) is 0 Å². The Hall–Kier alpha value is -2.09. The van der Waals surface area contributed by atoms with Crippen molar-refractivity contribution in [1.29, 1.82) is 0 Å². The smallest absolute Gasteiger partial charge is 0.325 e. The first-order valence-electron chi connectivity index (χ1n) is 8.98. The van der Waals surface area contributed by atoms with Gasteiger partial charge in [-0.3, -0.25) is 9.69 Å². The summed E-state index contributed by atoms with van der Waals surface area (Å²) < 4.78 is 37.3. The second-order valence-electron chi connectivity index (χ2n) is 6.66. The number of nitrogens with zero attached hydrogens (tertiary/aromatic N) is 2. The van der Waals surface area contributed by atoms with Crippen molar-refractivity contribution in [3.05, 3.63) is 36.5 Å². The summed E-state index contributed by atoms with van der Waals surface area (Å²) in [5.74, 6) is -0.391. The van der Waals surface area contributed by atoms with E-state index in [0.717, 1.165) is 0 Å². The molecule has 8 heteroatoms. The molecule has 1 saturated heterocycles. The molecule has 1 aliphatic heterocycles. The molecule has 1 rings (SSSR count). The van der Waals surface area contributed by atoms with Crippen molar-refractivity contribution >= 4 is 11.8 Å². The van der Waals surface area contributed by atoms with Gasteiger partial charge < -0.3 is 10.2 Å². The molecule has 1 heterocycles. The highest BCUT2D eigenvalue weighted by Crippen LogP contribution is 2.17. The number of ketones is 1. The van der Waals surface area contributed by atoms with Crippen LogP contribution < -0.4 is 5.32 Å². The SMILES string of the molecule is C/C=C\C=C/C=CC(NC(=O)N1CCN(CC(F)(F)F)CC1)C(=O)C(C)C. The Morgan fingerprint density at radius 3 is 2.15 bits per heavy atom. The fourth-order valence-corrected chi connectivity index (χ4v) is 2.57. The van der Waals surface area contributed by atoms with Gasteiger partial charge in [0.05, 0.1) is 6.54 Å². The monoisotopic (exact) mass is 387 g/mol. The second kappa shape index (κ2) is 10.9. The number of Topliss-reactive ketones (excluding diaryl/α,β-unsaturated/α-hetero) is 1. The van der Waals surface area contributed by atoms with Gasteiger partial charge in [-0.05, 0) is 6.92 Å². The van der Waals surface area contributed by atoms with E-state index in [-0.39, 0.29) is 37.9 Å². The summed E-state index contributed by atoms with van der Waals surface area (Å²) in [5, 5.41) is 2.68. The number of piperazine rings is 1. The van der Waals surface area contributed by atoms with Crippen LogP contribution in [0.2, 0.25) is 0 Å². The van der Waals surface area contributed by atoms with Crippen LogP contribution in [-0.4, -0.2) is 66.6 Å². The van der Waals surface area contributed by atoms with Crippen LogP contribution >= 0.6 is 0 Å². The van der Waals surface area contributed by atoms with Crippen LogP contribution in [0, 0.1) is 5.92 Å². The molecule has 0 saturated carbocycles. The average molecular weight is 387 g/mol. The summed E-state index contributed by atoms with van der Waals surface area (Å²) in [6, 6.07) is -1.22. The van der Waals surface area contributed by atoms with E-state index >= 15 is 0 Å². The number of carbonyl (C=O) groups excluding carboxylic acids is 2. The first-order chi connectivity index (χ1) is 12.6. The summed E-state index contributed by atoms with van der Waals surface area (Å²) in [6.45, 7) is 5.09. The molecule has 1 atom stereocenters. The van der Waals surface area contributed by atoms with Gasteiger partial charge in [0, 0.05) is 32.1 Å². The van der Waals surface area contributed by atoms with Gasteiger partial charge in [-0.1, -0.05) is 50.3 Å². The number of hydrogen-bond donors (Lipinski definition) is 1. The summed E-state index contributed by atoms with van der Waals surface area (Å²) in [5.41, 5.74) is 0. The number of halogens is 3. The van der Waals surface area contributed by atoms with Crippen LogP contribution in [0.15, 0.2) is 36.5 Å². The fraction of sp³-hybridized carbons (Fsp3) is 0.579. The molecular weight excluding hydrogens is 359 g/mol. The highest BCUT2D eigenvalue weighted by Gasteiger charge is 2.33. The minimum absolute atomic E-state index is 0.130. The second-order valence-corrected chi connectivity index (χ2v) is 6.66. The summed E-state index contributed by atoms with van der Waals surface area (Å²) in [7, 11) is 0. The molecule has 1 N–H and O–H groups in total. The number of urea groups is 1. The molecule has 0 aliphatic carbocycles. The molecule has 0 spiro atoms. The van der Waals surface area contributed by atoms with Gasteiger partial charge in [0.1, 0.15) is 6.04 Å². The summed E-state index contributed by atoms with van der Waals surface area (Å²) >= 11 is 0. The Bertz CT molecular complexity index is 575. The minimum atomic E-state index is -4.25. The Kier molecular flexibility index (Phi) is 9.28. The molecule has 0 bridgehead atoms. The predicted molar refractivity (Wildman–Crippen MR) is 99.3 cm³/mol. The highest BCUT2D eigenvalue weighted by molar-refractivity contribution is 5.91.